The number of imidazole rings is 1. The Balaban J connectivity index is 1.45. The monoisotopic (exact) mass is 607 g/mol. The molecule has 0 unspecified atom stereocenters. The lowest BCUT2D eigenvalue weighted by atomic mass is 10.1. The van der Waals surface area contributed by atoms with Crippen LogP contribution in [0.1, 0.15) is 43.5 Å². The summed E-state index contributed by atoms with van der Waals surface area (Å²) in [4.78, 5) is 7.78. The van der Waals surface area contributed by atoms with Gasteiger partial charge >= 0.3 is 0 Å². The number of nitrogens with zero attached hydrogens (tertiary/aromatic N) is 3. The van der Waals surface area contributed by atoms with Gasteiger partial charge in [0.15, 0.2) is 11.5 Å². The second-order valence-corrected chi connectivity index (χ2v) is 11.5. The first-order valence-corrected chi connectivity index (χ1v) is 15.7. The molecule has 0 fully saturated rings. The summed E-state index contributed by atoms with van der Waals surface area (Å²) in [6.07, 6.45) is 2.14. The van der Waals surface area contributed by atoms with Crippen molar-refractivity contribution in [2.75, 3.05) is 13.4 Å². The smallest absolute Gasteiger partial charge is 0.231 e. The van der Waals surface area contributed by atoms with Crippen LogP contribution in [0.5, 0.6) is 17.2 Å². The highest BCUT2D eigenvalue weighted by molar-refractivity contribution is 6.30. The summed E-state index contributed by atoms with van der Waals surface area (Å²) in [7, 11) is 0. The number of ether oxygens (including phenoxy) is 3. The van der Waals surface area contributed by atoms with E-state index in [0.717, 1.165) is 71.4 Å². The second-order valence-electron chi connectivity index (χ2n) is 11.0. The first kappa shape index (κ1) is 29.8. The zero-order valence-electron chi connectivity index (χ0n) is 25.3. The summed E-state index contributed by atoms with van der Waals surface area (Å²) in [6.45, 7) is 8.13. The number of unbranched alkanes of at least 4 members (excludes halogenated alkanes) is 1. The number of rotatable bonds is 13. The van der Waals surface area contributed by atoms with Crippen molar-refractivity contribution in [2.24, 2.45) is 0 Å². The zero-order chi connectivity index (χ0) is 30.3. The van der Waals surface area contributed by atoms with Crippen LogP contribution in [-0.2, 0) is 26.2 Å². The molecule has 0 bridgehead atoms. The third-order valence-electron chi connectivity index (χ3n) is 7.77. The van der Waals surface area contributed by atoms with Crippen LogP contribution in [0.25, 0.3) is 22.6 Å². The largest absolute Gasteiger partial charge is 0.494 e. The summed E-state index contributed by atoms with van der Waals surface area (Å²) in [5, 5.41) is 0.697. The van der Waals surface area contributed by atoms with Gasteiger partial charge in [0.05, 0.1) is 18.0 Å². The fraction of sp³-hybridized carbons (Fsp3) is 0.270. The van der Waals surface area contributed by atoms with E-state index in [0.29, 0.717) is 24.7 Å². The Morgan fingerprint density at radius 2 is 1.57 bits per heavy atom. The average Bonchev–Trinajstić information content (AvgIpc) is 3.65. The summed E-state index contributed by atoms with van der Waals surface area (Å²) < 4.78 is 19.6. The van der Waals surface area contributed by atoms with Gasteiger partial charge in [0.1, 0.15) is 11.6 Å². The van der Waals surface area contributed by atoms with Crippen molar-refractivity contribution in [1.29, 1.82) is 0 Å². The highest BCUT2D eigenvalue weighted by Crippen LogP contribution is 2.35. The van der Waals surface area contributed by atoms with Crippen molar-refractivity contribution >= 4 is 11.6 Å². The van der Waals surface area contributed by atoms with Gasteiger partial charge in [0, 0.05) is 42.3 Å². The maximum absolute atomic E-state index is 6.52. The molecule has 4 aromatic carbocycles. The standard InChI is InChI=1S/C37H38ClN3O3/c1-3-5-19-41-33(36(30-14-10-15-31(38)22-30)39-37(41)29-12-7-6-8-13-29)25-40(23-27-11-9-16-32(20-27)42-4-2)24-28-17-18-34-35(21-28)44-26-43-34/h6-18,20-22H,3-5,19,23-26H2,1-2H3. The van der Waals surface area contributed by atoms with E-state index in [2.05, 4.69) is 77.1 Å². The van der Waals surface area contributed by atoms with E-state index >= 15 is 0 Å². The third kappa shape index (κ3) is 6.93. The van der Waals surface area contributed by atoms with Crippen LogP contribution >= 0.6 is 11.6 Å². The molecule has 2 heterocycles. The van der Waals surface area contributed by atoms with Gasteiger partial charge in [0.25, 0.3) is 0 Å². The summed E-state index contributed by atoms with van der Waals surface area (Å²) >= 11 is 6.52. The molecule has 6 rings (SSSR count). The molecule has 1 aromatic heterocycles. The van der Waals surface area contributed by atoms with Crippen LogP contribution in [0.15, 0.2) is 97.1 Å². The molecule has 0 atom stereocenters. The quantitative estimate of drug-likeness (QED) is 0.134. The van der Waals surface area contributed by atoms with Gasteiger partial charge in [-0.3, -0.25) is 4.90 Å². The van der Waals surface area contributed by atoms with E-state index in [1.165, 1.54) is 11.3 Å². The summed E-state index contributed by atoms with van der Waals surface area (Å²) in [6, 6.07) is 33.1. The lowest BCUT2D eigenvalue weighted by molar-refractivity contribution is 0.174. The van der Waals surface area contributed by atoms with Crippen molar-refractivity contribution in [3.8, 4) is 39.9 Å². The van der Waals surface area contributed by atoms with Crippen molar-refractivity contribution in [3.63, 3.8) is 0 Å². The predicted octanol–water partition coefficient (Wildman–Crippen LogP) is 9.00. The van der Waals surface area contributed by atoms with Gasteiger partial charge in [-0.25, -0.2) is 4.98 Å². The molecule has 0 saturated heterocycles. The molecule has 44 heavy (non-hydrogen) atoms. The number of halogens is 1. The average molecular weight is 608 g/mol. The molecule has 1 aliphatic rings. The molecule has 0 spiro atoms. The number of fused-ring (bicyclic) bond motifs is 1. The number of benzene rings is 4. The lowest BCUT2D eigenvalue weighted by Crippen LogP contribution is -2.24. The number of aromatic nitrogens is 2. The molecule has 0 radical (unpaired) electrons. The van der Waals surface area contributed by atoms with Crippen LogP contribution in [-0.4, -0.2) is 27.9 Å². The lowest BCUT2D eigenvalue weighted by Gasteiger charge is -2.25. The summed E-state index contributed by atoms with van der Waals surface area (Å²) in [5.41, 5.74) is 6.58. The number of hydrogen-bond acceptors (Lipinski definition) is 5. The van der Waals surface area contributed by atoms with Gasteiger partial charge in [-0.2, -0.15) is 0 Å². The molecule has 0 N–H and O–H groups in total. The molecule has 226 valence electrons. The molecule has 0 saturated carbocycles. The van der Waals surface area contributed by atoms with E-state index < -0.39 is 0 Å². The first-order valence-electron chi connectivity index (χ1n) is 15.3. The van der Waals surface area contributed by atoms with Gasteiger partial charge in [-0.05, 0) is 60.9 Å². The molecule has 6 nitrogen and oxygen atoms in total. The van der Waals surface area contributed by atoms with Crippen LogP contribution < -0.4 is 14.2 Å². The van der Waals surface area contributed by atoms with Crippen LogP contribution in [0, 0.1) is 0 Å². The van der Waals surface area contributed by atoms with Crippen LogP contribution in [0.2, 0.25) is 5.02 Å². The van der Waals surface area contributed by atoms with Crippen LogP contribution in [0.4, 0.5) is 0 Å². The molecule has 7 heteroatoms. The Kier molecular flexibility index (Phi) is 9.49. The highest BCUT2D eigenvalue weighted by Gasteiger charge is 2.23. The Morgan fingerprint density at radius 1 is 0.795 bits per heavy atom. The topological polar surface area (TPSA) is 48.8 Å². The Bertz CT molecular complexity index is 1700. The molecule has 1 aliphatic heterocycles. The van der Waals surface area contributed by atoms with E-state index in [1.807, 2.05) is 43.3 Å². The normalized spacial score (nSPS) is 12.2. The van der Waals surface area contributed by atoms with Crippen molar-refractivity contribution < 1.29 is 14.2 Å². The van der Waals surface area contributed by atoms with Gasteiger partial charge in [-0.1, -0.05) is 85.6 Å². The van der Waals surface area contributed by atoms with Crippen molar-refractivity contribution in [3.05, 3.63) is 119 Å². The minimum Gasteiger partial charge on any atom is -0.494 e. The minimum absolute atomic E-state index is 0.259. The third-order valence-corrected chi connectivity index (χ3v) is 8.01. The van der Waals surface area contributed by atoms with Crippen molar-refractivity contribution in [1.82, 2.24) is 14.5 Å². The van der Waals surface area contributed by atoms with Crippen molar-refractivity contribution in [2.45, 2.75) is 52.9 Å². The zero-order valence-corrected chi connectivity index (χ0v) is 26.1. The van der Waals surface area contributed by atoms with E-state index in [-0.39, 0.29) is 6.79 Å². The van der Waals surface area contributed by atoms with E-state index in [4.69, 9.17) is 30.8 Å². The number of hydrogen-bond donors (Lipinski definition) is 0. The van der Waals surface area contributed by atoms with E-state index in [9.17, 15) is 0 Å². The Hall–Kier alpha value is -4.26. The molecular weight excluding hydrogens is 570 g/mol. The molecular formula is C37H38ClN3O3. The van der Waals surface area contributed by atoms with Gasteiger partial charge in [0.2, 0.25) is 6.79 Å². The Morgan fingerprint density at radius 3 is 2.36 bits per heavy atom. The fourth-order valence-corrected chi connectivity index (χ4v) is 5.90. The maximum atomic E-state index is 6.52. The molecule has 0 amide bonds. The minimum atomic E-state index is 0.259. The predicted molar refractivity (Wildman–Crippen MR) is 176 cm³/mol. The van der Waals surface area contributed by atoms with E-state index in [1.54, 1.807) is 0 Å². The van der Waals surface area contributed by atoms with Gasteiger partial charge in [-0.15, -0.1) is 0 Å². The van der Waals surface area contributed by atoms with Crippen LogP contribution in [0.3, 0.4) is 0 Å². The molecule has 0 aliphatic carbocycles. The SMILES string of the molecule is CCCCn1c(-c2ccccc2)nc(-c2cccc(Cl)c2)c1CN(Cc1cccc(OCC)c1)Cc1ccc2c(c1)OCO2. The highest BCUT2D eigenvalue weighted by atomic mass is 35.5. The maximum Gasteiger partial charge on any atom is 0.231 e. The first-order chi connectivity index (χ1) is 21.6. The fourth-order valence-electron chi connectivity index (χ4n) is 5.71. The van der Waals surface area contributed by atoms with Gasteiger partial charge < -0.3 is 18.8 Å². The Labute approximate surface area is 264 Å². The second kappa shape index (κ2) is 14.0. The molecule has 5 aromatic rings. The summed E-state index contributed by atoms with van der Waals surface area (Å²) in [5.74, 6) is 3.44.